The Hall–Kier alpha value is -3.02. The Bertz CT molecular complexity index is 781. The maximum atomic E-state index is 12.1. The summed E-state index contributed by atoms with van der Waals surface area (Å²) in [5.41, 5.74) is 2.29. The lowest BCUT2D eigenvalue weighted by Crippen LogP contribution is -2.14. The highest BCUT2D eigenvalue weighted by Gasteiger charge is 2.15. The third-order valence-electron chi connectivity index (χ3n) is 3.92. The predicted molar refractivity (Wildman–Crippen MR) is 98.7 cm³/mol. The first-order valence-electron chi connectivity index (χ1n) is 8.33. The van der Waals surface area contributed by atoms with Gasteiger partial charge in [-0.15, -0.1) is 0 Å². The van der Waals surface area contributed by atoms with Crippen LogP contribution in [0.15, 0.2) is 36.4 Å². The highest BCUT2D eigenvalue weighted by molar-refractivity contribution is 5.98. The first-order valence-corrected chi connectivity index (χ1v) is 8.33. The average Bonchev–Trinajstić information content (AvgIpc) is 2.62. The molecular formula is C20H23NO5. The van der Waals surface area contributed by atoms with Gasteiger partial charge in [-0.05, 0) is 43.5 Å². The van der Waals surface area contributed by atoms with Gasteiger partial charge in [-0.1, -0.05) is 24.3 Å². The molecule has 2 aromatic rings. The third kappa shape index (κ3) is 4.75. The number of carbonyl (C=O) groups is 2. The third-order valence-corrected chi connectivity index (χ3v) is 3.92. The highest BCUT2D eigenvalue weighted by atomic mass is 16.5. The Morgan fingerprint density at radius 3 is 2.38 bits per heavy atom. The Labute approximate surface area is 152 Å². The second-order valence-corrected chi connectivity index (χ2v) is 5.91. The number of hydrogen-bond donors (Lipinski definition) is 2. The Kier molecular flexibility index (Phi) is 6.60. The lowest BCUT2D eigenvalue weighted by molar-refractivity contribution is -0.116. The van der Waals surface area contributed by atoms with Crippen LogP contribution < -0.4 is 10.1 Å². The molecular weight excluding hydrogens is 334 g/mol. The van der Waals surface area contributed by atoms with Crippen LogP contribution in [0.5, 0.6) is 11.5 Å². The number of methoxy groups -OCH3 is 1. The van der Waals surface area contributed by atoms with Crippen LogP contribution in [0.1, 0.15) is 34.3 Å². The SMILES string of the molecule is COC(=O)c1cccc(NC(=O)CCCOc2c(C)cccc2C)c1O. The molecule has 0 atom stereocenters. The molecule has 0 spiro atoms. The standard InChI is InChI=1S/C20H23NO5/c1-13-7-4-8-14(2)19(13)26-12-6-11-17(22)21-16-10-5-9-15(18(16)23)20(24)25-3/h4-5,7-10,23H,6,11-12H2,1-3H3,(H,21,22). The molecule has 138 valence electrons. The van der Waals surface area contributed by atoms with Gasteiger partial charge in [0.15, 0.2) is 5.75 Å². The van der Waals surface area contributed by atoms with E-state index in [4.69, 9.17) is 4.74 Å². The first kappa shape index (κ1) is 19.3. The summed E-state index contributed by atoms with van der Waals surface area (Å²) in [6.45, 7) is 4.37. The van der Waals surface area contributed by atoms with Crippen molar-refractivity contribution < 1.29 is 24.2 Å². The van der Waals surface area contributed by atoms with Gasteiger partial charge in [0, 0.05) is 6.42 Å². The van der Waals surface area contributed by atoms with Crippen molar-refractivity contribution in [1.82, 2.24) is 0 Å². The second kappa shape index (κ2) is 8.89. The molecule has 0 aliphatic rings. The number of phenols is 1. The van der Waals surface area contributed by atoms with Crippen LogP contribution in [0.25, 0.3) is 0 Å². The van der Waals surface area contributed by atoms with E-state index in [1.807, 2.05) is 32.0 Å². The lowest BCUT2D eigenvalue weighted by atomic mass is 10.1. The normalized spacial score (nSPS) is 10.3. The summed E-state index contributed by atoms with van der Waals surface area (Å²) in [5.74, 6) is -0.399. The zero-order chi connectivity index (χ0) is 19.1. The van der Waals surface area contributed by atoms with Crippen LogP contribution in [-0.4, -0.2) is 30.7 Å². The molecule has 6 nitrogen and oxygen atoms in total. The first-order chi connectivity index (χ1) is 12.4. The van der Waals surface area contributed by atoms with Crippen LogP contribution in [0, 0.1) is 13.8 Å². The molecule has 0 saturated carbocycles. The molecule has 0 bridgehead atoms. The number of rotatable bonds is 7. The minimum Gasteiger partial charge on any atom is -0.505 e. The van der Waals surface area contributed by atoms with Crippen molar-refractivity contribution in [2.45, 2.75) is 26.7 Å². The second-order valence-electron chi connectivity index (χ2n) is 5.91. The van der Waals surface area contributed by atoms with E-state index in [-0.39, 0.29) is 29.3 Å². The van der Waals surface area contributed by atoms with E-state index in [9.17, 15) is 14.7 Å². The molecule has 0 aliphatic heterocycles. The molecule has 0 saturated heterocycles. The number of amides is 1. The van der Waals surface area contributed by atoms with E-state index in [1.54, 1.807) is 6.07 Å². The van der Waals surface area contributed by atoms with Gasteiger partial charge in [-0.3, -0.25) is 4.79 Å². The topological polar surface area (TPSA) is 84.9 Å². The lowest BCUT2D eigenvalue weighted by Gasteiger charge is -2.12. The van der Waals surface area contributed by atoms with Gasteiger partial charge in [-0.25, -0.2) is 4.79 Å². The number of para-hydroxylation sites is 2. The number of carbonyl (C=O) groups excluding carboxylic acids is 2. The minimum absolute atomic E-state index is 0.00339. The van der Waals surface area contributed by atoms with Gasteiger partial charge in [0.25, 0.3) is 0 Å². The molecule has 0 radical (unpaired) electrons. The predicted octanol–water partition coefficient (Wildman–Crippen LogP) is 3.59. The van der Waals surface area contributed by atoms with Crippen LogP contribution >= 0.6 is 0 Å². The summed E-state index contributed by atoms with van der Waals surface area (Å²) in [6, 6.07) is 10.4. The number of anilines is 1. The van der Waals surface area contributed by atoms with Crippen molar-refractivity contribution in [3.05, 3.63) is 53.1 Å². The van der Waals surface area contributed by atoms with Gasteiger partial charge in [0.05, 0.1) is 19.4 Å². The van der Waals surface area contributed by atoms with Crippen molar-refractivity contribution in [2.24, 2.45) is 0 Å². The maximum Gasteiger partial charge on any atom is 0.341 e. The van der Waals surface area contributed by atoms with Gasteiger partial charge in [0.2, 0.25) is 5.91 Å². The van der Waals surface area contributed by atoms with Crippen LogP contribution in [-0.2, 0) is 9.53 Å². The summed E-state index contributed by atoms with van der Waals surface area (Å²) >= 11 is 0. The molecule has 0 aliphatic carbocycles. The zero-order valence-electron chi connectivity index (χ0n) is 15.2. The molecule has 1 amide bonds. The average molecular weight is 357 g/mol. The number of nitrogens with one attached hydrogen (secondary N) is 1. The van der Waals surface area contributed by atoms with Gasteiger partial charge in [-0.2, -0.15) is 0 Å². The van der Waals surface area contributed by atoms with Crippen molar-refractivity contribution in [1.29, 1.82) is 0 Å². The van der Waals surface area contributed by atoms with Crippen molar-refractivity contribution >= 4 is 17.6 Å². The molecule has 0 fully saturated rings. The number of phenolic OH excluding ortho intramolecular Hbond substituents is 1. The Morgan fingerprint density at radius 1 is 1.08 bits per heavy atom. The number of aromatic hydroxyl groups is 1. The van der Waals surface area contributed by atoms with Gasteiger partial charge in [0.1, 0.15) is 11.3 Å². The van der Waals surface area contributed by atoms with Crippen molar-refractivity contribution in [3.63, 3.8) is 0 Å². The molecule has 2 aromatic carbocycles. The molecule has 2 N–H and O–H groups in total. The molecule has 0 heterocycles. The number of aryl methyl sites for hydroxylation is 2. The van der Waals surface area contributed by atoms with E-state index in [1.165, 1.54) is 19.2 Å². The van der Waals surface area contributed by atoms with Gasteiger partial charge >= 0.3 is 5.97 Å². The van der Waals surface area contributed by atoms with Crippen LogP contribution in [0.4, 0.5) is 5.69 Å². The van der Waals surface area contributed by atoms with Crippen LogP contribution in [0.2, 0.25) is 0 Å². The quantitative estimate of drug-likeness (QED) is 0.449. The van der Waals surface area contributed by atoms with Crippen molar-refractivity contribution in [2.75, 3.05) is 19.0 Å². The Morgan fingerprint density at radius 2 is 1.73 bits per heavy atom. The maximum absolute atomic E-state index is 12.1. The molecule has 2 rings (SSSR count). The van der Waals surface area contributed by atoms with Gasteiger partial charge < -0.3 is 19.9 Å². The van der Waals surface area contributed by atoms with E-state index >= 15 is 0 Å². The fourth-order valence-corrected chi connectivity index (χ4v) is 2.57. The monoisotopic (exact) mass is 357 g/mol. The number of ether oxygens (including phenoxy) is 2. The van der Waals surface area contributed by atoms with Crippen LogP contribution in [0.3, 0.4) is 0 Å². The number of hydrogen-bond acceptors (Lipinski definition) is 5. The summed E-state index contributed by atoms with van der Waals surface area (Å²) in [7, 11) is 1.23. The summed E-state index contributed by atoms with van der Waals surface area (Å²) in [5, 5.41) is 12.7. The molecule has 0 aromatic heterocycles. The van der Waals surface area contributed by atoms with E-state index in [0.29, 0.717) is 13.0 Å². The van der Waals surface area contributed by atoms with E-state index < -0.39 is 5.97 Å². The summed E-state index contributed by atoms with van der Waals surface area (Å²) in [6.07, 6.45) is 0.754. The minimum atomic E-state index is -0.666. The summed E-state index contributed by atoms with van der Waals surface area (Å²) < 4.78 is 10.4. The molecule has 0 unspecified atom stereocenters. The molecule has 26 heavy (non-hydrogen) atoms. The molecule has 6 heteroatoms. The fourth-order valence-electron chi connectivity index (χ4n) is 2.57. The smallest absolute Gasteiger partial charge is 0.341 e. The zero-order valence-corrected chi connectivity index (χ0v) is 15.2. The fraction of sp³-hybridized carbons (Fsp3) is 0.300. The number of benzene rings is 2. The van der Waals surface area contributed by atoms with E-state index in [2.05, 4.69) is 10.1 Å². The number of esters is 1. The highest BCUT2D eigenvalue weighted by Crippen LogP contribution is 2.28. The Balaban J connectivity index is 1.87. The largest absolute Gasteiger partial charge is 0.505 e. The summed E-state index contributed by atoms with van der Waals surface area (Å²) in [4.78, 5) is 23.6. The van der Waals surface area contributed by atoms with Crippen molar-refractivity contribution in [3.8, 4) is 11.5 Å². The van der Waals surface area contributed by atoms with E-state index in [0.717, 1.165) is 16.9 Å².